The molecule has 0 saturated heterocycles. The molecule has 1 N–H and O–H groups in total. The van der Waals surface area contributed by atoms with E-state index in [0.717, 1.165) is 11.6 Å². The van der Waals surface area contributed by atoms with Crippen molar-refractivity contribution < 1.29 is 36.3 Å². The Kier molecular flexibility index (Phi) is 9.47. The highest BCUT2D eigenvalue weighted by Gasteiger charge is 2.23. The molecule has 0 aliphatic heterocycles. The van der Waals surface area contributed by atoms with Crippen LogP contribution in [-0.2, 0) is 0 Å². The fraction of sp³-hybridized carbons (Fsp3) is 0. The number of carboxylic acid groups (broad SMARTS) is 1. The number of imidazole rings is 2. The van der Waals surface area contributed by atoms with E-state index >= 15 is 0 Å². The van der Waals surface area contributed by atoms with Gasteiger partial charge in [-0.15, -0.1) is 20.4 Å². The lowest BCUT2D eigenvalue weighted by molar-refractivity contribution is 0.0696. The van der Waals surface area contributed by atoms with Gasteiger partial charge in [-0.25, -0.2) is 22.4 Å². The smallest absolute Gasteiger partial charge is 0.335 e. The number of oxazole rings is 2. The fourth-order valence-electron chi connectivity index (χ4n) is 7.77. The Morgan fingerprint density at radius 2 is 1.01 bits per heavy atom. The zero-order valence-corrected chi connectivity index (χ0v) is 34.0. The third-order valence-electron chi connectivity index (χ3n) is 10.9. The molecular formula is C48H25F4N11O4. The third kappa shape index (κ3) is 6.97. The zero-order chi connectivity index (χ0) is 45.9. The van der Waals surface area contributed by atoms with Gasteiger partial charge in [-0.1, -0.05) is 0 Å². The van der Waals surface area contributed by atoms with E-state index in [-0.39, 0.29) is 40.0 Å². The van der Waals surface area contributed by atoms with Crippen molar-refractivity contribution in [3.63, 3.8) is 0 Å². The first-order valence-corrected chi connectivity index (χ1v) is 20.0. The molecule has 4 aromatic carbocycles. The normalized spacial score (nSPS) is 11.4. The molecule has 0 aliphatic rings. The first-order valence-electron chi connectivity index (χ1n) is 20.0. The van der Waals surface area contributed by atoms with Crippen molar-refractivity contribution in [1.29, 1.82) is 5.26 Å². The molecule has 0 unspecified atom stereocenters. The highest BCUT2D eigenvalue weighted by Crippen LogP contribution is 2.36. The molecule has 8 aromatic heterocycles. The van der Waals surface area contributed by atoms with Crippen LogP contribution in [0.5, 0.6) is 0 Å². The summed E-state index contributed by atoms with van der Waals surface area (Å²) in [6.07, 6.45) is 9.94. The van der Waals surface area contributed by atoms with Crippen LogP contribution in [0.3, 0.4) is 0 Å². The predicted molar refractivity (Wildman–Crippen MR) is 232 cm³/mol. The number of rotatable bonds is 7. The van der Waals surface area contributed by atoms with E-state index in [2.05, 4.69) is 30.4 Å². The average Bonchev–Trinajstić information content (AvgIpc) is 4.21. The largest absolute Gasteiger partial charge is 0.478 e. The molecule has 0 bridgehead atoms. The average molecular weight is 896 g/mol. The molecule has 67 heavy (non-hydrogen) atoms. The summed E-state index contributed by atoms with van der Waals surface area (Å²) in [5, 5.41) is 35.0. The van der Waals surface area contributed by atoms with Gasteiger partial charge in [0.25, 0.3) is 0 Å². The molecule has 0 aliphatic carbocycles. The van der Waals surface area contributed by atoms with Gasteiger partial charge in [0.05, 0.1) is 39.7 Å². The van der Waals surface area contributed by atoms with Gasteiger partial charge in [-0.05, 0) is 109 Å². The quantitative estimate of drug-likeness (QED) is 0.150. The molecule has 0 radical (unpaired) electrons. The maximum atomic E-state index is 14.7. The van der Waals surface area contributed by atoms with Gasteiger partial charge >= 0.3 is 17.7 Å². The second-order valence-corrected chi connectivity index (χ2v) is 14.9. The predicted octanol–water partition coefficient (Wildman–Crippen LogP) is 10.1. The maximum absolute atomic E-state index is 14.7. The number of carboxylic acids is 1. The minimum absolute atomic E-state index is 0.00468. The summed E-state index contributed by atoms with van der Waals surface area (Å²) in [7, 11) is 0. The number of benzene rings is 4. The highest BCUT2D eigenvalue weighted by atomic mass is 19.1. The zero-order valence-electron chi connectivity index (χ0n) is 34.0. The standard InChI is InChI=1S/C24H12F2N6O.C24H13F2N5O3/c25-17-5-2-15(3-6-17)21-22(31-9-10-33-24(31)28-21)16-4-8-20-29-30-23(32(20)13-16)18-11-14(12-27)1-7-19(18)26;25-16-5-1-13(2-6-16)20-21(30-9-10-34-24(30)27-20)15-4-8-19-28-29-22(31(19)12-15)17-11-14(23(32)33)3-7-18(17)26/h1-11,13H;1-12H,(H,32,33). The highest BCUT2D eigenvalue weighted by molar-refractivity contribution is 5.89. The molecule has 324 valence electrons. The van der Waals surface area contributed by atoms with Crippen LogP contribution in [0.25, 0.3) is 90.8 Å². The summed E-state index contributed by atoms with van der Waals surface area (Å²) in [4.78, 5) is 20.5. The lowest BCUT2D eigenvalue weighted by Gasteiger charge is -2.08. The van der Waals surface area contributed by atoms with Crippen LogP contribution in [-0.4, -0.2) is 59.0 Å². The topological polar surface area (TPSA) is 182 Å². The van der Waals surface area contributed by atoms with E-state index in [1.807, 2.05) is 12.1 Å². The number of halogens is 4. The van der Waals surface area contributed by atoms with Gasteiger partial charge in [0.1, 0.15) is 47.2 Å². The van der Waals surface area contributed by atoms with Crippen molar-refractivity contribution in [3.8, 4) is 73.9 Å². The summed E-state index contributed by atoms with van der Waals surface area (Å²) in [6.45, 7) is 0. The van der Waals surface area contributed by atoms with E-state index in [0.29, 0.717) is 68.0 Å². The van der Waals surface area contributed by atoms with E-state index in [1.54, 1.807) is 84.9 Å². The van der Waals surface area contributed by atoms with Crippen LogP contribution >= 0.6 is 0 Å². The maximum Gasteiger partial charge on any atom is 0.335 e. The lowest BCUT2D eigenvalue weighted by atomic mass is 10.1. The molecular weight excluding hydrogens is 871 g/mol. The van der Waals surface area contributed by atoms with Crippen LogP contribution in [0.4, 0.5) is 17.6 Å². The van der Waals surface area contributed by atoms with Crippen molar-refractivity contribution in [1.82, 2.24) is 48.0 Å². The van der Waals surface area contributed by atoms with Gasteiger partial charge in [-0.2, -0.15) is 15.2 Å². The lowest BCUT2D eigenvalue weighted by Crippen LogP contribution is -2.00. The third-order valence-corrected chi connectivity index (χ3v) is 10.9. The number of hydrogen-bond donors (Lipinski definition) is 1. The van der Waals surface area contributed by atoms with Gasteiger partial charge in [-0.3, -0.25) is 17.6 Å². The Hall–Kier alpha value is -9.70. The number of pyridine rings is 2. The first-order chi connectivity index (χ1) is 32.6. The van der Waals surface area contributed by atoms with Crippen molar-refractivity contribution in [2.75, 3.05) is 0 Å². The summed E-state index contributed by atoms with van der Waals surface area (Å²) in [5.41, 5.74) is 6.69. The second kappa shape index (κ2) is 15.8. The van der Waals surface area contributed by atoms with E-state index < -0.39 is 17.6 Å². The van der Waals surface area contributed by atoms with Crippen molar-refractivity contribution in [3.05, 3.63) is 181 Å². The molecule has 0 atom stereocenters. The van der Waals surface area contributed by atoms with Crippen molar-refractivity contribution in [2.24, 2.45) is 0 Å². The Morgan fingerprint density at radius 3 is 1.49 bits per heavy atom. The number of nitriles is 1. The minimum atomic E-state index is -1.18. The Morgan fingerprint density at radius 1 is 0.552 bits per heavy atom. The minimum Gasteiger partial charge on any atom is -0.478 e. The monoisotopic (exact) mass is 895 g/mol. The SMILES string of the molecule is N#Cc1ccc(F)c(-c2nnc3ccc(-c4c(-c5ccc(F)cc5)nc5occn45)cn23)c1.O=C(O)c1ccc(F)c(-c2nnc3ccc(-c4c(-c5ccc(F)cc5)nc5occn45)cn23)c1. The van der Waals surface area contributed by atoms with Crippen LogP contribution < -0.4 is 0 Å². The van der Waals surface area contributed by atoms with E-state index in [4.69, 9.17) is 8.83 Å². The Bertz CT molecular complexity index is 3930. The Balaban J connectivity index is 0.000000148. The van der Waals surface area contributed by atoms with Gasteiger partial charge in [0.15, 0.2) is 22.9 Å². The molecule has 15 nitrogen and oxygen atoms in total. The van der Waals surface area contributed by atoms with E-state index in [1.165, 1.54) is 67.1 Å². The van der Waals surface area contributed by atoms with Gasteiger partial charge < -0.3 is 13.9 Å². The molecule has 8 heterocycles. The van der Waals surface area contributed by atoms with Crippen LogP contribution in [0.1, 0.15) is 15.9 Å². The number of aromatic carboxylic acids is 1. The summed E-state index contributed by atoms with van der Waals surface area (Å²) in [6, 6.07) is 28.7. The molecule has 19 heteroatoms. The van der Waals surface area contributed by atoms with Crippen LogP contribution in [0.15, 0.2) is 155 Å². The van der Waals surface area contributed by atoms with Gasteiger partial charge in [0.2, 0.25) is 0 Å². The molecule has 0 amide bonds. The van der Waals surface area contributed by atoms with Gasteiger partial charge in [0, 0.05) is 47.0 Å². The summed E-state index contributed by atoms with van der Waals surface area (Å²) >= 11 is 0. The summed E-state index contributed by atoms with van der Waals surface area (Å²) in [5.74, 6) is -1.90. The molecule has 0 saturated carbocycles. The molecule has 0 fully saturated rings. The number of nitrogens with zero attached hydrogens (tertiary/aromatic N) is 11. The number of aromatic nitrogens is 10. The second-order valence-electron chi connectivity index (χ2n) is 14.9. The van der Waals surface area contributed by atoms with Crippen LogP contribution in [0.2, 0.25) is 0 Å². The molecule has 12 rings (SSSR count). The Labute approximate surface area is 372 Å². The fourth-order valence-corrected chi connectivity index (χ4v) is 7.77. The van der Waals surface area contributed by atoms with Crippen LogP contribution in [0, 0.1) is 34.6 Å². The molecule has 0 spiro atoms. The van der Waals surface area contributed by atoms with Crippen molar-refractivity contribution >= 4 is 29.0 Å². The van der Waals surface area contributed by atoms with Crippen molar-refractivity contribution in [2.45, 2.75) is 0 Å². The first kappa shape index (κ1) is 40.1. The summed E-state index contributed by atoms with van der Waals surface area (Å²) < 4.78 is 73.9. The number of hydrogen-bond acceptors (Lipinski definition) is 10. The van der Waals surface area contributed by atoms with E-state index in [9.17, 15) is 32.7 Å². The molecule has 12 aromatic rings. The number of carbonyl (C=O) groups is 1. The number of fused-ring (bicyclic) bond motifs is 4.